The Bertz CT molecular complexity index is 497. The van der Waals surface area contributed by atoms with E-state index in [1.807, 2.05) is 25.1 Å². The summed E-state index contributed by atoms with van der Waals surface area (Å²) in [6, 6.07) is 5.80. The second-order valence-corrected chi connectivity index (χ2v) is 4.88. The van der Waals surface area contributed by atoms with E-state index in [1.54, 1.807) is 7.11 Å². The standard InChI is InChI=1S/C12H14BrN3O/c1-7-5-11(15-16-12(7)14)9-6-8(17-2)3-4-10(9)13/h3-4,6-7H,5H2,1-2H3,(H2,14,16). The van der Waals surface area contributed by atoms with Crippen LogP contribution in [-0.4, -0.2) is 18.7 Å². The third-order valence-corrected chi connectivity index (χ3v) is 3.47. The van der Waals surface area contributed by atoms with Gasteiger partial charge in [-0.25, -0.2) is 0 Å². The number of ether oxygens (including phenoxy) is 1. The van der Waals surface area contributed by atoms with E-state index in [0.717, 1.165) is 27.9 Å². The summed E-state index contributed by atoms with van der Waals surface area (Å²) in [4.78, 5) is 0. The largest absolute Gasteiger partial charge is 0.497 e. The zero-order valence-corrected chi connectivity index (χ0v) is 11.4. The number of hydrogen-bond acceptors (Lipinski definition) is 4. The van der Waals surface area contributed by atoms with Gasteiger partial charge in [0, 0.05) is 22.4 Å². The van der Waals surface area contributed by atoms with Crippen LogP contribution in [0.4, 0.5) is 0 Å². The Balaban J connectivity index is 2.41. The molecule has 1 heterocycles. The summed E-state index contributed by atoms with van der Waals surface area (Å²) in [6.45, 7) is 2.04. The molecule has 2 rings (SSSR count). The lowest BCUT2D eigenvalue weighted by Gasteiger charge is -2.17. The van der Waals surface area contributed by atoms with Gasteiger partial charge in [0.05, 0.1) is 12.8 Å². The fraction of sp³-hybridized carbons (Fsp3) is 0.333. The Kier molecular flexibility index (Phi) is 3.47. The predicted molar refractivity (Wildman–Crippen MR) is 72.6 cm³/mol. The van der Waals surface area contributed by atoms with Crippen molar-refractivity contribution in [2.75, 3.05) is 7.11 Å². The first-order valence-corrected chi connectivity index (χ1v) is 6.15. The fourth-order valence-electron chi connectivity index (χ4n) is 1.67. The van der Waals surface area contributed by atoms with Gasteiger partial charge in [0.1, 0.15) is 11.6 Å². The van der Waals surface area contributed by atoms with Crippen LogP contribution < -0.4 is 10.5 Å². The zero-order chi connectivity index (χ0) is 12.4. The van der Waals surface area contributed by atoms with E-state index in [2.05, 4.69) is 26.1 Å². The summed E-state index contributed by atoms with van der Waals surface area (Å²) in [6.07, 6.45) is 0.793. The van der Waals surface area contributed by atoms with E-state index >= 15 is 0 Å². The van der Waals surface area contributed by atoms with Crippen molar-refractivity contribution in [3.63, 3.8) is 0 Å². The molecule has 5 heteroatoms. The van der Waals surface area contributed by atoms with E-state index < -0.39 is 0 Å². The van der Waals surface area contributed by atoms with Crippen molar-refractivity contribution in [1.82, 2.24) is 0 Å². The van der Waals surface area contributed by atoms with E-state index in [-0.39, 0.29) is 5.92 Å². The molecule has 1 aromatic carbocycles. The Morgan fingerprint density at radius 2 is 2.18 bits per heavy atom. The second-order valence-electron chi connectivity index (χ2n) is 4.02. The topological polar surface area (TPSA) is 60.0 Å². The van der Waals surface area contributed by atoms with Crippen molar-refractivity contribution in [1.29, 1.82) is 0 Å². The first kappa shape index (κ1) is 12.1. The van der Waals surface area contributed by atoms with Crippen molar-refractivity contribution in [2.45, 2.75) is 13.3 Å². The third kappa shape index (κ3) is 2.49. The van der Waals surface area contributed by atoms with Gasteiger partial charge in [0.25, 0.3) is 0 Å². The van der Waals surface area contributed by atoms with Gasteiger partial charge in [0.15, 0.2) is 0 Å². The van der Waals surface area contributed by atoms with Crippen LogP contribution in [0.2, 0.25) is 0 Å². The smallest absolute Gasteiger partial charge is 0.125 e. The summed E-state index contributed by atoms with van der Waals surface area (Å²) >= 11 is 3.51. The SMILES string of the molecule is COc1ccc(Br)c(C2=NN=C(N)C(C)C2)c1. The van der Waals surface area contributed by atoms with E-state index in [9.17, 15) is 0 Å². The molecule has 1 aliphatic rings. The Morgan fingerprint density at radius 3 is 2.82 bits per heavy atom. The first-order chi connectivity index (χ1) is 8.11. The summed E-state index contributed by atoms with van der Waals surface area (Å²) < 4.78 is 6.20. The molecule has 90 valence electrons. The molecule has 0 fully saturated rings. The molecule has 0 amide bonds. The monoisotopic (exact) mass is 295 g/mol. The van der Waals surface area contributed by atoms with Gasteiger partial charge in [-0.3, -0.25) is 0 Å². The number of benzene rings is 1. The number of amidine groups is 1. The molecule has 0 saturated heterocycles. The number of rotatable bonds is 2. The van der Waals surface area contributed by atoms with Crippen LogP contribution in [0.15, 0.2) is 32.9 Å². The maximum Gasteiger partial charge on any atom is 0.125 e. The first-order valence-electron chi connectivity index (χ1n) is 5.35. The van der Waals surface area contributed by atoms with E-state index in [1.165, 1.54) is 0 Å². The number of nitrogens with zero attached hydrogens (tertiary/aromatic N) is 2. The highest BCUT2D eigenvalue weighted by Crippen LogP contribution is 2.26. The molecular formula is C12H14BrN3O. The number of methoxy groups -OCH3 is 1. The molecule has 0 aromatic heterocycles. The predicted octanol–water partition coefficient (Wildman–Crippen LogP) is 2.56. The van der Waals surface area contributed by atoms with Crippen LogP contribution in [0.5, 0.6) is 5.75 Å². The molecule has 1 atom stereocenters. The lowest BCUT2D eigenvalue weighted by atomic mass is 9.97. The number of nitrogens with two attached hydrogens (primary N) is 1. The highest BCUT2D eigenvalue weighted by Gasteiger charge is 2.19. The highest BCUT2D eigenvalue weighted by molar-refractivity contribution is 9.10. The summed E-state index contributed by atoms with van der Waals surface area (Å²) in [5.74, 6) is 1.62. The molecule has 0 bridgehead atoms. The highest BCUT2D eigenvalue weighted by atomic mass is 79.9. The minimum Gasteiger partial charge on any atom is -0.497 e. The summed E-state index contributed by atoms with van der Waals surface area (Å²) in [5, 5.41) is 8.15. The molecule has 0 aliphatic carbocycles. The molecule has 17 heavy (non-hydrogen) atoms. The van der Waals surface area contributed by atoms with Gasteiger partial charge in [-0.2, -0.15) is 5.10 Å². The van der Waals surface area contributed by atoms with Crippen molar-refractivity contribution in [3.05, 3.63) is 28.2 Å². The zero-order valence-electron chi connectivity index (χ0n) is 9.77. The molecule has 2 N–H and O–H groups in total. The second kappa shape index (κ2) is 4.87. The van der Waals surface area contributed by atoms with Crippen molar-refractivity contribution in [3.8, 4) is 5.75 Å². The minimum atomic E-state index is 0.223. The number of hydrogen-bond donors (Lipinski definition) is 1. The van der Waals surface area contributed by atoms with Crippen LogP contribution in [0.1, 0.15) is 18.9 Å². The lowest BCUT2D eigenvalue weighted by Crippen LogP contribution is -2.26. The van der Waals surface area contributed by atoms with Gasteiger partial charge in [-0.05, 0) is 18.2 Å². The van der Waals surface area contributed by atoms with E-state index in [0.29, 0.717) is 5.84 Å². The normalized spacial score (nSPS) is 19.6. The quantitative estimate of drug-likeness (QED) is 0.911. The Morgan fingerprint density at radius 1 is 1.41 bits per heavy atom. The molecule has 4 nitrogen and oxygen atoms in total. The average Bonchev–Trinajstić information content (AvgIpc) is 2.33. The fourth-order valence-corrected chi connectivity index (χ4v) is 2.14. The van der Waals surface area contributed by atoms with Crippen LogP contribution in [0.3, 0.4) is 0 Å². The minimum absolute atomic E-state index is 0.223. The van der Waals surface area contributed by atoms with Crippen LogP contribution >= 0.6 is 15.9 Å². The third-order valence-electron chi connectivity index (χ3n) is 2.78. The molecular weight excluding hydrogens is 282 g/mol. The van der Waals surface area contributed by atoms with Crippen molar-refractivity contribution < 1.29 is 4.74 Å². The molecule has 1 unspecified atom stereocenters. The molecule has 0 radical (unpaired) electrons. The van der Waals surface area contributed by atoms with Gasteiger partial charge in [0.2, 0.25) is 0 Å². The van der Waals surface area contributed by atoms with Crippen molar-refractivity contribution >= 4 is 27.5 Å². The summed E-state index contributed by atoms with van der Waals surface area (Å²) in [5.41, 5.74) is 7.65. The Hall–Kier alpha value is -1.36. The molecule has 1 aromatic rings. The number of halogens is 1. The summed E-state index contributed by atoms with van der Waals surface area (Å²) in [7, 11) is 1.65. The average molecular weight is 296 g/mol. The van der Waals surface area contributed by atoms with Crippen LogP contribution in [-0.2, 0) is 0 Å². The molecule has 0 saturated carbocycles. The van der Waals surface area contributed by atoms with Gasteiger partial charge < -0.3 is 10.5 Å². The molecule has 1 aliphatic heterocycles. The van der Waals surface area contributed by atoms with Gasteiger partial charge in [-0.1, -0.05) is 22.9 Å². The van der Waals surface area contributed by atoms with E-state index in [4.69, 9.17) is 10.5 Å². The maximum atomic E-state index is 5.72. The maximum absolute atomic E-state index is 5.72. The molecule has 0 spiro atoms. The Labute approximate surface area is 109 Å². The van der Waals surface area contributed by atoms with Crippen LogP contribution in [0, 0.1) is 5.92 Å². The van der Waals surface area contributed by atoms with Crippen molar-refractivity contribution in [2.24, 2.45) is 21.9 Å². The lowest BCUT2D eigenvalue weighted by molar-refractivity contribution is 0.414. The van der Waals surface area contributed by atoms with Crippen LogP contribution in [0.25, 0.3) is 0 Å². The van der Waals surface area contributed by atoms with Gasteiger partial charge in [-0.15, -0.1) is 5.10 Å². The van der Waals surface area contributed by atoms with Gasteiger partial charge >= 0.3 is 0 Å².